The lowest BCUT2D eigenvalue weighted by Crippen LogP contribution is -1.96. The van der Waals surface area contributed by atoms with Crippen LogP contribution in [0.2, 0.25) is 0 Å². The lowest BCUT2D eigenvalue weighted by atomic mass is 10.1. The van der Waals surface area contributed by atoms with Crippen LogP contribution in [-0.2, 0) is 0 Å². The molecule has 4 rings (SSSR count). The number of hydrogen-bond donors (Lipinski definition) is 2. The highest BCUT2D eigenvalue weighted by atomic mass is 16.5. The number of hydrogen-bond acceptors (Lipinski definition) is 7. The van der Waals surface area contributed by atoms with Crippen LogP contribution in [-0.4, -0.2) is 27.7 Å². The lowest BCUT2D eigenvalue weighted by molar-refractivity contribution is 0.417. The summed E-state index contributed by atoms with van der Waals surface area (Å²) in [6.07, 6.45) is 1.50. The second-order valence-corrected chi connectivity index (χ2v) is 5.20. The molecule has 0 fully saturated rings. The molecular weight excluding hydrogens is 320 g/mol. The Kier molecular flexibility index (Phi) is 3.52. The molecule has 0 saturated carbocycles. The Morgan fingerprint density at radius 1 is 1.28 bits per heavy atom. The van der Waals surface area contributed by atoms with Crippen LogP contribution in [0.5, 0.6) is 5.75 Å². The fraction of sp³-hybridized carbons (Fsp3) is 0.0588. The van der Waals surface area contributed by atoms with Gasteiger partial charge < -0.3 is 14.5 Å². The number of benzene rings is 2. The first kappa shape index (κ1) is 14.7. The number of tetrazole rings is 1. The van der Waals surface area contributed by atoms with Gasteiger partial charge in [-0.25, -0.2) is 0 Å². The molecule has 0 radical (unpaired) electrons. The number of rotatable bonds is 4. The van der Waals surface area contributed by atoms with Crippen molar-refractivity contribution in [2.24, 2.45) is 0 Å². The third-order valence-electron chi connectivity index (χ3n) is 3.78. The molecule has 8 nitrogen and oxygen atoms in total. The first-order valence-electron chi connectivity index (χ1n) is 7.40. The van der Waals surface area contributed by atoms with Crippen LogP contribution in [0.15, 0.2) is 47.0 Å². The maximum Gasteiger partial charge on any atom is 0.216 e. The van der Waals surface area contributed by atoms with Crippen LogP contribution in [0.4, 0.5) is 5.69 Å². The predicted octanol–water partition coefficient (Wildman–Crippen LogP) is 3.08. The largest absolute Gasteiger partial charge is 0.495 e. The highest BCUT2D eigenvalue weighted by Crippen LogP contribution is 2.36. The summed E-state index contributed by atoms with van der Waals surface area (Å²) in [5.41, 5.74) is 2.42. The number of nitrogens with one attached hydrogen (secondary N) is 2. The molecule has 0 atom stereocenters. The molecule has 0 saturated heterocycles. The third-order valence-corrected chi connectivity index (χ3v) is 3.78. The quantitative estimate of drug-likeness (QED) is 0.552. The van der Waals surface area contributed by atoms with E-state index in [0.717, 1.165) is 21.9 Å². The molecule has 0 amide bonds. The number of aromatic nitrogens is 4. The van der Waals surface area contributed by atoms with Gasteiger partial charge in [-0.05, 0) is 17.3 Å². The van der Waals surface area contributed by atoms with Crippen LogP contribution in [0.1, 0.15) is 5.82 Å². The fourth-order valence-electron chi connectivity index (χ4n) is 2.61. The van der Waals surface area contributed by atoms with E-state index in [9.17, 15) is 5.26 Å². The van der Waals surface area contributed by atoms with Gasteiger partial charge in [0.1, 0.15) is 28.6 Å². The van der Waals surface area contributed by atoms with Crippen molar-refractivity contribution >= 4 is 33.2 Å². The van der Waals surface area contributed by atoms with Gasteiger partial charge in [0.2, 0.25) is 5.82 Å². The van der Waals surface area contributed by atoms with Gasteiger partial charge in [-0.15, -0.1) is 10.2 Å². The average molecular weight is 332 g/mol. The summed E-state index contributed by atoms with van der Waals surface area (Å²) >= 11 is 0. The van der Waals surface area contributed by atoms with Gasteiger partial charge in [-0.1, -0.05) is 18.2 Å². The molecule has 0 aliphatic rings. The van der Waals surface area contributed by atoms with E-state index in [-0.39, 0.29) is 11.4 Å². The zero-order valence-electron chi connectivity index (χ0n) is 13.1. The Balaban J connectivity index is 1.79. The van der Waals surface area contributed by atoms with Gasteiger partial charge in [0.15, 0.2) is 0 Å². The van der Waals surface area contributed by atoms with Crippen molar-refractivity contribution in [1.29, 1.82) is 5.26 Å². The molecule has 8 heteroatoms. The Morgan fingerprint density at radius 2 is 2.16 bits per heavy atom. The maximum atomic E-state index is 9.24. The summed E-state index contributed by atoms with van der Waals surface area (Å²) < 4.78 is 11.3. The summed E-state index contributed by atoms with van der Waals surface area (Å²) in [7, 11) is 1.59. The van der Waals surface area contributed by atoms with E-state index in [4.69, 9.17) is 9.15 Å². The van der Waals surface area contributed by atoms with Gasteiger partial charge in [0.25, 0.3) is 0 Å². The molecule has 2 heterocycles. The second kappa shape index (κ2) is 5.98. The molecule has 0 unspecified atom stereocenters. The van der Waals surface area contributed by atoms with E-state index in [2.05, 4.69) is 25.9 Å². The Hall–Kier alpha value is -3.86. The van der Waals surface area contributed by atoms with Gasteiger partial charge >= 0.3 is 0 Å². The SMILES string of the molecule is COc1cc2c(cc1NC=C(C#N)c1nn[nH]n1)oc1ccccc12. The lowest BCUT2D eigenvalue weighted by Gasteiger charge is -2.08. The van der Waals surface area contributed by atoms with Crippen molar-refractivity contribution in [3.05, 3.63) is 48.4 Å². The summed E-state index contributed by atoms with van der Waals surface area (Å²) in [6, 6.07) is 13.5. The molecule has 2 aromatic heterocycles. The van der Waals surface area contributed by atoms with Crippen LogP contribution in [0.3, 0.4) is 0 Å². The van der Waals surface area contributed by atoms with Gasteiger partial charge in [-0.2, -0.15) is 10.5 Å². The van der Waals surface area contributed by atoms with E-state index in [0.29, 0.717) is 11.4 Å². The molecule has 0 aliphatic carbocycles. The number of ether oxygens (including phenoxy) is 1. The van der Waals surface area contributed by atoms with Crippen LogP contribution in [0, 0.1) is 11.3 Å². The minimum Gasteiger partial charge on any atom is -0.495 e. The number of H-pyrrole nitrogens is 1. The molecule has 25 heavy (non-hydrogen) atoms. The zero-order valence-corrected chi connectivity index (χ0v) is 13.1. The zero-order chi connectivity index (χ0) is 17.2. The number of nitriles is 1. The smallest absolute Gasteiger partial charge is 0.216 e. The van der Waals surface area contributed by atoms with Crippen molar-refractivity contribution in [3.8, 4) is 11.8 Å². The van der Waals surface area contributed by atoms with Crippen LogP contribution >= 0.6 is 0 Å². The number of para-hydroxylation sites is 1. The Labute approximate surface area is 141 Å². The Morgan fingerprint density at radius 3 is 2.92 bits per heavy atom. The van der Waals surface area contributed by atoms with Crippen molar-refractivity contribution in [2.45, 2.75) is 0 Å². The molecule has 2 aromatic carbocycles. The van der Waals surface area contributed by atoms with E-state index in [1.54, 1.807) is 7.11 Å². The predicted molar refractivity (Wildman–Crippen MR) is 91.7 cm³/mol. The number of aromatic amines is 1. The minimum absolute atomic E-state index is 0.207. The number of fused-ring (bicyclic) bond motifs is 3. The van der Waals surface area contributed by atoms with Gasteiger partial charge in [0, 0.05) is 23.0 Å². The number of nitrogens with zero attached hydrogens (tertiary/aromatic N) is 4. The van der Waals surface area contributed by atoms with Gasteiger partial charge in [-0.3, -0.25) is 0 Å². The standard InChI is InChI=1S/C17H12N6O2/c1-24-16-6-12-11-4-2-3-5-14(11)25-15(12)7-13(16)19-9-10(8-18)17-20-22-23-21-17/h2-7,9,19H,1H3,(H,20,21,22,23). The monoisotopic (exact) mass is 332 g/mol. The van der Waals surface area contributed by atoms with Gasteiger partial charge in [0.05, 0.1) is 12.8 Å². The summed E-state index contributed by atoms with van der Waals surface area (Å²) in [4.78, 5) is 0. The molecule has 0 spiro atoms. The topological polar surface area (TPSA) is 113 Å². The molecule has 2 N–H and O–H groups in total. The molecule has 4 aromatic rings. The minimum atomic E-state index is 0.207. The summed E-state index contributed by atoms with van der Waals surface area (Å²) in [5.74, 6) is 0.833. The summed E-state index contributed by atoms with van der Waals surface area (Å²) in [5, 5.41) is 27.6. The molecule has 0 aliphatic heterocycles. The normalized spacial score (nSPS) is 11.6. The highest BCUT2D eigenvalue weighted by molar-refractivity contribution is 6.06. The Bertz CT molecular complexity index is 1120. The molecular formula is C17H12N6O2. The van der Waals surface area contributed by atoms with Crippen molar-refractivity contribution < 1.29 is 9.15 Å². The highest BCUT2D eigenvalue weighted by Gasteiger charge is 2.12. The average Bonchev–Trinajstić information content (AvgIpc) is 3.29. The number of methoxy groups -OCH3 is 1. The first-order chi connectivity index (χ1) is 12.3. The van der Waals surface area contributed by atoms with E-state index < -0.39 is 0 Å². The van der Waals surface area contributed by atoms with Crippen LogP contribution < -0.4 is 10.1 Å². The first-order valence-corrected chi connectivity index (χ1v) is 7.40. The fourth-order valence-corrected chi connectivity index (χ4v) is 2.61. The van der Waals surface area contributed by atoms with Crippen molar-refractivity contribution in [1.82, 2.24) is 20.6 Å². The van der Waals surface area contributed by atoms with E-state index >= 15 is 0 Å². The maximum absolute atomic E-state index is 9.24. The second-order valence-electron chi connectivity index (χ2n) is 5.20. The number of furan rings is 1. The van der Waals surface area contributed by atoms with E-state index in [1.807, 2.05) is 42.5 Å². The van der Waals surface area contributed by atoms with E-state index in [1.165, 1.54) is 6.20 Å². The molecule has 0 bridgehead atoms. The molecule has 122 valence electrons. The third kappa shape index (κ3) is 2.53. The summed E-state index contributed by atoms with van der Waals surface area (Å²) in [6.45, 7) is 0. The van der Waals surface area contributed by atoms with Crippen molar-refractivity contribution in [2.75, 3.05) is 12.4 Å². The number of allylic oxidation sites excluding steroid dienone is 1. The number of anilines is 1. The van der Waals surface area contributed by atoms with Crippen molar-refractivity contribution in [3.63, 3.8) is 0 Å². The van der Waals surface area contributed by atoms with Crippen LogP contribution in [0.25, 0.3) is 27.5 Å².